The van der Waals surface area contributed by atoms with E-state index in [1.165, 1.54) is 6.26 Å². The number of hydrogen-bond donors (Lipinski definition) is 2. The Morgan fingerprint density at radius 1 is 1.21 bits per heavy atom. The van der Waals surface area contributed by atoms with Crippen LogP contribution in [0.3, 0.4) is 0 Å². The number of anilines is 1. The molecular weight excluding hydrogens is 364 g/mol. The number of nitrogens with zero attached hydrogens (tertiary/aromatic N) is 1. The summed E-state index contributed by atoms with van der Waals surface area (Å²) in [5.41, 5.74) is 1.20. The van der Waals surface area contributed by atoms with Crippen molar-refractivity contribution < 1.29 is 28.6 Å². The monoisotopic (exact) mass is 388 g/mol. The molecule has 2 aromatic rings. The van der Waals surface area contributed by atoms with E-state index in [9.17, 15) is 14.4 Å². The van der Waals surface area contributed by atoms with Crippen LogP contribution >= 0.6 is 0 Å². The highest BCUT2D eigenvalue weighted by molar-refractivity contribution is 6.06. The quantitative estimate of drug-likeness (QED) is 0.684. The maximum absolute atomic E-state index is 12.6. The first-order valence-electron chi connectivity index (χ1n) is 8.96. The largest absolute Gasteiger partial charge is 0.484 e. The molecule has 0 radical (unpaired) electrons. The van der Waals surface area contributed by atoms with E-state index >= 15 is 0 Å². The van der Waals surface area contributed by atoms with Crippen LogP contribution in [0.1, 0.15) is 35.5 Å². The zero-order valence-corrected chi connectivity index (χ0v) is 16.2. The Morgan fingerprint density at radius 3 is 2.57 bits per heavy atom. The third-order valence-electron chi connectivity index (χ3n) is 4.16. The topological polar surface area (TPSA) is 109 Å². The number of carboxylic acid groups (broad SMARTS) is 1. The van der Waals surface area contributed by atoms with Crippen molar-refractivity contribution in [2.24, 2.45) is 0 Å². The van der Waals surface area contributed by atoms with Gasteiger partial charge >= 0.3 is 5.97 Å². The number of furan rings is 1. The van der Waals surface area contributed by atoms with Gasteiger partial charge in [-0.2, -0.15) is 0 Å². The van der Waals surface area contributed by atoms with E-state index < -0.39 is 11.9 Å². The van der Waals surface area contributed by atoms with Crippen molar-refractivity contribution in [2.45, 2.75) is 27.2 Å². The molecule has 1 aromatic heterocycles. The molecule has 0 fully saturated rings. The van der Waals surface area contributed by atoms with Gasteiger partial charge in [0.25, 0.3) is 11.8 Å². The maximum Gasteiger partial charge on any atom is 0.311 e. The molecule has 2 rings (SSSR count). The van der Waals surface area contributed by atoms with Crippen LogP contribution in [-0.4, -0.2) is 47.5 Å². The van der Waals surface area contributed by atoms with E-state index in [1.54, 1.807) is 36.1 Å². The summed E-state index contributed by atoms with van der Waals surface area (Å²) >= 11 is 0. The number of hydrogen-bond acceptors (Lipinski definition) is 5. The van der Waals surface area contributed by atoms with Crippen LogP contribution in [-0.2, 0) is 16.0 Å². The van der Waals surface area contributed by atoms with E-state index in [4.69, 9.17) is 14.3 Å². The van der Waals surface area contributed by atoms with E-state index in [0.717, 1.165) is 0 Å². The second-order valence-electron chi connectivity index (χ2n) is 6.12. The average Bonchev–Trinajstić information content (AvgIpc) is 3.01. The predicted octanol–water partition coefficient (Wildman–Crippen LogP) is 2.71. The van der Waals surface area contributed by atoms with Crippen molar-refractivity contribution >= 4 is 23.5 Å². The fraction of sp³-hybridized carbons (Fsp3) is 0.350. The van der Waals surface area contributed by atoms with Crippen molar-refractivity contribution in [3.63, 3.8) is 0 Å². The molecule has 0 atom stereocenters. The summed E-state index contributed by atoms with van der Waals surface area (Å²) in [7, 11) is 0. The van der Waals surface area contributed by atoms with Gasteiger partial charge in [0, 0.05) is 30.4 Å². The smallest absolute Gasteiger partial charge is 0.311 e. The number of aliphatic carboxylic acids is 1. The van der Waals surface area contributed by atoms with Gasteiger partial charge in [-0.25, -0.2) is 0 Å². The molecule has 0 aliphatic heterocycles. The summed E-state index contributed by atoms with van der Waals surface area (Å²) in [5.74, 6) is -1.14. The number of amides is 2. The Balaban J connectivity index is 2.07. The highest BCUT2D eigenvalue weighted by Crippen LogP contribution is 2.22. The molecule has 0 aliphatic rings. The van der Waals surface area contributed by atoms with E-state index in [1.807, 2.05) is 13.8 Å². The number of aryl methyl sites for hydroxylation is 1. The van der Waals surface area contributed by atoms with Gasteiger partial charge in [-0.15, -0.1) is 0 Å². The van der Waals surface area contributed by atoms with Gasteiger partial charge in [0.15, 0.2) is 6.61 Å². The van der Waals surface area contributed by atoms with Crippen LogP contribution in [0.4, 0.5) is 5.69 Å². The molecule has 2 amide bonds. The number of likely N-dealkylation sites (N-methyl/N-ethyl adjacent to an activating group) is 1. The third kappa shape index (κ3) is 5.35. The van der Waals surface area contributed by atoms with Gasteiger partial charge in [0.1, 0.15) is 17.9 Å². The number of benzene rings is 1. The Kier molecular flexibility index (Phi) is 7.20. The summed E-state index contributed by atoms with van der Waals surface area (Å²) in [5, 5.41) is 11.7. The van der Waals surface area contributed by atoms with Crippen molar-refractivity contribution in [3.8, 4) is 5.75 Å². The Labute approximate surface area is 163 Å². The summed E-state index contributed by atoms with van der Waals surface area (Å²) in [6.07, 6.45) is 0.971. The minimum Gasteiger partial charge on any atom is -0.484 e. The first-order valence-corrected chi connectivity index (χ1v) is 8.96. The van der Waals surface area contributed by atoms with Crippen LogP contribution in [0.25, 0.3) is 0 Å². The lowest BCUT2D eigenvalue weighted by Gasteiger charge is -2.18. The standard InChI is InChI=1S/C20H24N2O6/c1-4-22(5-2)17(23)12-27-15-8-6-7-14(9-15)21-20(26)19-13(3)11-28-16(19)10-18(24)25/h6-9,11H,4-5,10,12H2,1-3H3,(H,21,26)(H,24,25). The van der Waals surface area contributed by atoms with Crippen LogP contribution in [0, 0.1) is 6.92 Å². The number of rotatable bonds is 9. The molecule has 0 saturated carbocycles. The zero-order valence-electron chi connectivity index (χ0n) is 16.2. The molecular formula is C20H24N2O6. The van der Waals surface area contributed by atoms with Crippen LogP contribution < -0.4 is 10.1 Å². The summed E-state index contributed by atoms with van der Waals surface area (Å²) < 4.78 is 10.7. The fourth-order valence-electron chi connectivity index (χ4n) is 2.74. The van der Waals surface area contributed by atoms with Gasteiger partial charge in [-0.05, 0) is 32.9 Å². The van der Waals surface area contributed by atoms with Gasteiger partial charge in [-0.1, -0.05) is 6.07 Å². The molecule has 0 spiro atoms. The Bertz CT molecular complexity index is 854. The van der Waals surface area contributed by atoms with Gasteiger partial charge in [0.05, 0.1) is 11.8 Å². The first-order chi connectivity index (χ1) is 13.3. The van der Waals surface area contributed by atoms with E-state index in [2.05, 4.69) is 5.32 Å². The lowest BCUT2D eigenvalue weighted by atomic mass is 10.1. The van der Waals surface area contributed by atoms with E-state index in [0.29, 0.717) is 30.1 Å². The molecule has 1 heterocycles. The number of nitrogens with one attached hydrogen (secondary N) is 1. The maximum atomic E-state index is 12.6. The second kappa shape index (κ2) is 9.59. The third-order valence-corrected chi connectivity index (χ3v) is 4.16. The minimum absolute atomic E-state index is 0.0946. The highest BCUT2D eigenvalue weighted by Gasteiger charge is 2.20. The Hall–Kier alpha value is -3.29. The molecule has 0 aliphatic carbocycles. The molecule has 8 heteroatoms. The molecule has 8 nitrogen and oxygen atoms in total. The SMILES string of the molecule is CCN(CC)C(=O)COc1cccc(NC(=O)c2c(C)coc2CC(=O)O)c1. The molecule has 0 saturated heterocycles. The molecule has 0 bridgehead atoms. The zero-order chi connectivity index (χ0) is 20.7. The second-order valence-corrected chi connectivity index (χ2v) is 6.12. The highest BCUT2D eigenvalue weighted by atomic mass is 16.5. The van der Waals surface area contributed by atoms with Crippen LogP contribution in [0.15, 0.2) is 34.9 Å². The van der Waals surface area contributed by atoms with Crippen molar-refractivity contribution in [2.75, 3.05) is 25.0 Å². The van der Waals surface area contributed by atoms with Gasteiger partial charge < -0.3 is 24.5 Å². The molecule has 1 aromatic carbocycles. The van der Waals surface area contributed by atoms with Crippen molar-refractivity contribution in [3.05, 3.63) is 47.4 Å². The number of carbonyl (C=O) groups excluding carboxylic acids is 2. The van der Waals surface area contributed by atoms with Gasteiger partial charge in [-0.3, -0.25) is 14.4 Å². The Morgan fingerprint density at radius 2 is 1.93 bits per heavy atom. The molecule has 28 heavy (non-hydrogen) atoms. The predicted molar refractivity (Wildman–Crippen MR) is 103 cm³/mol. The number of carbonyl (C=O) groups is 3. The van der Waals surface area contributed by atoms with Crippen molar-refractivity contribution in [1.29, 1.82) is 0 Å². The summed E-state index contributed by atoms with van der Waals surface area (Å²) in [4.78, 5) is 37.2. The van der Waals surface area contributed by atoms with Crippen molar-refractivity contribution in [1.82, 2.24) is 4.90 Å². The lowest BCUT2D eigenvalue weighted by molar-refractivity contribution is -0.136. The fourth-order valence-corrected chi connectivity index (χ4v) is 2.74. The summed E-state index contributed by atoms with van der Waals surface area (Å²) in [6, 6.07) is 6.64. The van der Waals surface area contributed by atoms with Crippen LogP contribution in [0.2, 0.25) is 0 Å². The normalized spacial score (nSPS) is 10.4. The van der Waals surface area contributed by atoms with Crippen LogP contribution in [0.5, 0.6) is 5.75 Å². The average molecular weight is 388 g/mol. The minimum atomic E-state index is -1.09. The first kappa shape index (κ1) is 21.0. The molecule has 2 N–H and O–H groups in total. The number of carboxylic acids is 1. The van der Waals surface area contributed by atoms with E-state index in [-0.39, 0.29) is 30.3 Å². The van der Waals surface area contributed by atoms with Gasteiger partial charge in [0.2, 0.25) is 0 Å². The molecule has 150 valence electrons. The number of ether oxygens (including phenoxy) is 1. The molecule has 0 unspecified atom stereocenters. The summed E-state index contributed by atoms with van der Waals surface area (Å²) in [6.45, 7) is 6.59. The lowest BCUT2D eigenvalue weighted by Crippen LogP contribution is -2.34.